The van der Waals surface area contributed by atoms with Gasteiger partial charge in [-0.2, -0.15) is 0 Å². The van der Waals surface area contributed by atoms with E-state index in [0.717, 1.165) is 0 Å². The van der Waals surface area contributed by atoms with Gasteiger partial charge in [-0.3, -0.25) is 9.29 Å². The highest BCUT2D eigenvalue weighted by atomic mass is 35.5. The van der Waals surface area contributed by atoms with E-state index < -0.39 is 21.4 Å². The molecule has 3 aromatic heterocycles. The number of hydrogen-bond donors (Lipinski definition) is 1. The molecule has 0 amide bonds. The molecule has 0 radical (unpaired) electrons. The second-order valence-corrected chi connectivity index (χ2v) is 9.30. The van der Waals surface area contributed by atoms with Crippen molar-refractivity contribution < 1.29 is 22.6 Å². The molecule has 0 spiro atoms. The van der Waals surface area contributed by atoms with Crippen molar-refractivity contribution >= 4 is 27.6 Å². The predicted molar refractivity (Wildman–Crippen MR) is 120 cm³/mol. The largest absolute Gasteiger partial charge is 0.481 e. The first-order valence-electron chi connectivity index (χ1n) is 9.76. The van der Waals surface area contributed by atoms with Crippen LogP contribution in [-0.2, 0) is 26.0 Å². The summed E-state index contributed by atoms with van der Waals surface area (Å²) >= 11 is 5.83. The molecule has 0 bridgehead atoms. The first-order chi connectivity index (χ1) is 15.8. The Morgan fingerprint density at radius 2 is 1.88 bits per heavy atom. The summed E-state index contributed by atoms with van der Waals surface area (Å²) in [6.07, 6.45) is 1.80. The molecule has 12 nitrogen and oxygen atoms in total. The van der Waals surface area contributed by atoms with Crippen LogP contribution in [0.3, 0.4) is 0 Å². The number of nitrogens with zero attached hydrogens (tertiary/aromatic N) is 6. The zero-order chi connectivity index (χ0) is 24.0. The van der Waals surface area contributed by atoms with Crippen LogP contribution in [0.5, 0.6) is 5.88 Å². The quantitative estimate of drug-likeness (QED) is 0.417. The summed E-state index contributed by atoms with van der Waals surface area (Å²) < 4.78 is 46.2. The fraction of sp³-hybridized carbons (Fsp3) is 0.421. The maximum atomic E-state index is 13.2. The van der Waals surface area contributed by atoms with Crippen molar-refractivity contribution in [2.75, 3.05) is 32.7 Å². The molecule has 2 unspecified atom stereocenters. The molecule has 0 saturated heterocycles. The third kappa shape index (κ3) is 5.74. The predicted octanol–water partition coefficient (Wildman–Crippen LogP) is 1.96. The lowest BCUT2D eigenvalue weighted by Crippen LogP contribution is -2.33. The van der Waals surface area contributed by atoms with Crippen molar-refractivity contribution in [1.29, 1.82) is 0 Å². The number of hydrogen-bond acceptors (Lipinski definition) is 10. The molecule has 3 aromatic rings. The Labute approximate surface area is 196 Å². The normalized spacial score (nSPS) is 13.5. The number of methoxy groups -OCH3 is 3. The number of anilines is 1. The van der Waals surface area contributed by atoms with Gasteiger partial charge in [-0.05, 0) is 13.0 Å². The topological polar surface area (TPSA) is 143 Å². The maximum absolute atomic E-state index is 13.2. The van der Waals surface area contributed by atoms with Crippen LogP contribution in [0.15, 0.2) is 30.6 Å². The van der Waals surface area contributed by atoms with E-state index in [1.54, 1.807) is 22.8 Å². The molecule has 33 heavy (non-hydrogen) atoms. The first-order valence-corrected chi connectivity index (χ1v) is 11.7. The van der Waals surface area contributed by atoms with Gasteiger partial charge in [-0.25, -0.2) is 23.4 Å². The molecule has 1 N–H and O–H groups in total. The Hall–Kier alpha value is -2.87. The minimum atomic E-state index is -4.01. The molecule has 0 aromatic carbocycles. The zero-order valence-corrected chi connectivity index (χ0v) is 20.0. The van der Waals surface area contributed by atoms with E-state index in [1.165, 1.54) is 40.6 Å². The number of nitrogens with one attached hydrogen (secondary N) is 1. The van der Waals surface area contributed by atoms with Crippen LogP contribution >= 0.6 is 11.6 Å². The lowest BCUT2D eigenvalue weighted by atomic mass is 10.2. The lowest BCUT2D eigenvalue weighted by Gasteiger charge is -2.22. The SMILES string of the molecule is COCCn1c(NS(=O)(=O)C(C)C(OC)c2ncc(Cl)cn2)nnc1-c1cccc(OC)n1. The van der Waals surface area contributed by atoms with Gasteiger partial charge in [0.25, 0.3) is 0 Å². The van der Waals surface area contributed by atoms with Gasteiger partial charge in [0.1, 0.15) is 17.0 Å². The summed E-state index contributed by atoms with van der Waals surface area (Å²) in [6.45, 7) is 2.05. The number of halogens is 1. The number of aromatic nitrogens is 6. The second kappa shape index (κ2) is 10.8. The molecule has 0 aliphatic carbocycles. The summed E-state index contributed by atoms with van der Waals surface area (Å²) in [6, 6.07) is 5.15. The van der Waals surface area contributed by atoms with Crippen molar-refractivity contribution in [3.8, 4) is 17.4 Å². The third-order valence-electron chi connectivity index (χ3n) is 4.73. The van der Waals surface area contributed by atoms with Crippen molar-refractivity contribution in [1.82, 2.24) is 29.7 Å². The summed E-state index contributed by atoms with van der Waals surface area (Å²) in [5.74, 6) is 0.920. The Morgan fingerprint density at radius 3 is 2.52 bits per heavy atom. The van der Waals surface area contributed by atoms with E-state index in [4.69, 9.17) is 25.8 Å². The monoisotopic (exact) mass is 497 g/mol. The highest BCUT2D eigenvalue weighted by Gasteiger charge is 2.34. The minimum Gasteiger partial charge on any atom is -0.481 e. The minimum absolute atomic E-state index is 0.00500. The molecule has 14 heteroatoms. The average molecular weight is 498 g/mol. The molecular formula is C19H24ClN7O5S. The van der Waals surface area contributed by atoms with Crippen LogP contribution in [0.2, 0.25) is 5.02 Å². The van der Waals surface area contributed by atoms with Gasteiger partial charge in [0.05, 0.1) is 25.3 Å². The van der Waals surface area contributed by atoms with Gasteiger partial charge >= 0.3 is 0 Å². The Bertz CT molecular complexity index is 1170. The van der Waals surface area contributed by atoms with Gasteiger partial charge in [-0.15, -0.1) is 10.2 Å². The average Bonchev–Trinajstić information content (AvgIpc) is 3.20. The number of pyridine rings is 1. The molecule has 0 aliphatic heterocycles. The van der Waals surface area contributed by atoms with Gasteiger partial charge in [0, 0.05) is 32.7 Å². The maximum Gasteiger partial charge on any atom is 0.240 e. The van der Waals surface area contributed by atoms with Crippen molar-refractivity contribution in [3.05, 3.63) is 41.4 Å². The summed E-state index contributed by atoms with van der Waals surface area (Å²) in [7, 11) is 0.404. The third-order valence-corrected chi connectivity index (χ3v) is 6.62. The standard InChI is InChI=1S/C19H24ClN7O5S/c1-12(16(32-4)17-21-10-13(20)11-22-17)33(28,29)26-19-25-24-18(27(19)8-9-30-2)14-6-5-7-15(23-14)31-3/h5-7,10-12,16H,8-9H2,1-4H3,(H,25,26). The first kappa shape index (κ1) is 24.8. The van der Waals surface area contributed by atoms with Crippen molar-refractivity contribution in [2.24, 2.45) is 0 Å². The van der Waals surface area contributed by atoms with E-state index in [1.807, 2.05) is 0 Å². The molecule has 178 valence electrons. The Kier molecular flexibility index (Phi) is 8.13. The van der Waals surface area contributed by atoms with Gasteiger partial charge < -0.3 is 14.2 Å². The Morgan fingerprint density at radius 1 is 1.15 bits per heavy atom. The van der Waals surface area contributed by atoms with Crippen molar-refractivity contribution in [3.63, 3.8) is 0 Å². The van der Waals surface area contributed by atoms with E-state index in [2.05, 4.69) is 29.9 Å². The van der Waals surface area contributed by atoms with Crippen LogP contribution in [0.1, 0.15) is 18.9 Å². The van der Waals surface area contributed by atoms with E-state index in [0.29, 0.717) is 29.0 Å². The second-order valence-electron chi connectivity index (χ2n) is 6.82. The Balaban J connectivity index is 1.93. The smallest absolute Gasteiger partial charge is 0.240 e. The highest BCUT2D eigenvalue weighted by molar-refractivity contribution is 7.93. The van der Waals surface area contributed by atoms with Crippen LogP contribution < -0.4 is 9.46 Å². The molecule has 0 fully saturated rings. The zero-order valence-electron chi connectivity index (χ0n) is 18.5. The van der Waals surface area contributed by atoms with Gasteiger partial charge in [0.15, 0.2) is 11.6 Å². The summed E-state index contributed by atoms with van der Waals surface area (Å²) in [5, 5.41) is 7.42. The molecular weight excluding hydrogens is 474 g/mol. The molecule has 3 rings (SSSR count). The lowest BCUT2D eigenvalue weighted by molar-refractivity contribution is 0.0950. The molecule has 3 heterocycles. The highest BCUT2D eigenvalue weighted by Crippen LogP contribution is 2.26. The summed E-state index contributed by atoms with van der Waals surface area (Å²) in [4.78, 5) is 12.5. The van der Waals surface area contributed by atoms with Gasteiger partial charge in [0.2, 0.25) is 21.9 Å². The fourth-order valence-corrected chi connectivity index (χ4v) is 4.22. The number of rotatable bonds is 11. The van der Waals surface area contributed by atoms with E-state index >= 15 is 0 Å². The van der Waals surface area contributed by atoms with Gasteiger partial charge in [-0.1, -0.05) is 17.7 Å². The van der Waals surface area contributed by atoms with Crippen LogP contribution in [0.25, 0.3) is 11.5 Å². The van der Waals surface area contributed by atoms with E-state index in [-0.39, 0.29) is 18.3 Å². The van der Waals surface area contributed by atoms with Crippen LogP contribution in [-0.4, -0.2) is 71.3 Å². The summed E-state index contributed by atoms with van der Waals surface area (Å²) in [5.41, 5.74) is 0.459. The van der Waals surface area contributed by atoms with E-state index in [9.17, 15) is 8.42 Å². The van der Waals surface area contributed by atoms with Crippen molar-refractivity contribution in [2.45, 2.75) is 24.8 Å². The van der Waals surface area contributed by atoms with Crippen LogP contribution in [0.4, 0.5) is 5.95 Å². The van der Waals surface area contributed by atoms with Crippen LogP contribution in [0, 0.1) is 0 Å². The molecule has 0 aliphatic rings. The fourth-order valence-electron chi connectivity index (χ4n) is 2.97. The number of sulfonamides is 1. The molecule has 0 saturated carbocycles. The number of ether oxygens (including phenoxy) is 3. The molecule has 2 atom stereocenters.